The topological polar surface area (TPSA) is 65.4 Å². The lowest BCUT2D eigenvalue weighted by molar-refractivity contribution is -0.119. The van der Waals surface area contributed by atoms with Crippen molar-refractivity contribution in [2.24, 2.45) is 0 Å². The summed E-state index contributed by atoms with van der Waals surface area (Å²) < 4.78 is 18.9. The third-order valence-electron chi connectivity index (χ3n) is 4.21. The largest absolute Gasteiger partial charge is 0.371 e. The van der Waals surface area contributed by atoms with Crippen molar-refractivity contribution in [3.63, 3.8) is 0 Å². The van der Waals surface area contributed by atoms with Crippen LogP contribution in [0.4, 0.5) is 10.1 Å². The molecule has 0 aromatic heterocycles. The van der Waals surface area contributed by atoms with E-state index in [0.717, 1.165) is 10.5 Å². The van der Waals surface area contributed by atoms with Crippen LogP contribution in [-0.4, -0.2) is 42.8 Å². The summed E-state index contributed by atoms with van der Waals surface area (Å²) in [5.41, 5.74) is 1.62. The highest BCUT2D eigenvalue weighted by atomic mass is 32.2. The van der Waals surface area contributed by atoms with Gasteiger partial charge in [-0.05, 0) is 29.8 Å². The minimum Gasteiger partial charge on any atom is -0.371 e. The second kappa shape index (κ2) is 9.51. The molecule has 2 aromatic rings. The van der Waals surface area contributed by atoms with Crippen molar-refractivity contribution in [3.05, 3.63) is 59.9 Å². The number of carbonyl (C=O) groups excluding carboxylic acids is 1. The van der Waals surface area contributed by atoms with Crippen LogP contribution in [0, 0.1) is 17.1 Å². The Morgan fingerprint density at radius 2 is 2.07 bits per heavy atom. The molecule has 1 N–H and O–H groups in total. The summed E-state index contributed by atoms with van der Waals surface area (Å²) in [7, 11) is 0. The number of carbonyl (C=O) groups is 1. The Labute approximate surface area is 162 Å². The number of para-hydroxylation sites is 1. The molecule has 0 spiro atoms. The second-order valence-electron chi connectivity index (χ2n) is 6.14. The highest BCUT2D eigenvalue weighted by molar-refractivity contribution is 7.99. The Morgan fingerprint density at radius 3 is 2.85 bits per heavy atom. The lowest BCUT2D eigenvalue weighted by Crippen LogP contribution is -2.42. The molecule has 1 fully saturated rings. The smallest absolute Gasteiger partial charge is 0.238 e. The van der Waals surface area contributed by atoms with Gasteiger partial charge in [-0.3, -0.25) is 9.69 Å². The van der Waals surface area contributed by atoms with Crippen LogP contribution in [0.3, 0.4) is 0 Å². The first-order chi connectivity index (χ1) is 13.2. The Morgan fingerprint density at radius 1 is 1.30 bits per heavy atom. The number of ether oxygens (including phenoxy) is 1. The van der Waals surface area contributed by atoms with E-state index >= 15 is 0 Å². The minimum absolute atomic E-state index is 0.111. The maximum Gasteiger partial charge on any atom is 0.238 e. The van der Waals surface area contributed by atoms with Crippen LogP contribution >= 0.6 is 11.8 Å². The van der Waals surface area contributed by atoms with Crippen molar-refractivity contribution in [2.75, 3.05) is 37.3 Å². The SMILES string of the molecule is N#CCSc1ccccc1NC(=O)CN1CCOC(c2ccc(F)cc2)C1. The average Bonchev–Trinajstić information content (AvgIpc) is 2.68. The standard InChI is InChI=1S/C20H20FN3O2S/c21-16-7-5-15(6-8-16)18-13-24(10-11-26-18)14-20(25)23-17-3-1-2-4-19(17)27-12-9-22/h1-8,18H,10-14H2,(H,23,25). The maximum atomic E-state index is 13.1. The number of hydrogen-bond donors (Lipinski definition) is 1. The monoisotopic (exact) mass is 385 g/mol. The lowest BCUT2D eigenvalue weighted by atomic mass is 10.1. The molecule has 1 aliphatic heterocycles. The molecule has 1 unspecified atom stereocenters. The Bertz CT molecular complexity index is 823. The molecule has 2 aromatic carbocycles. The number of benzene rings is 2. The molecule has 0 bridgehead atoms. The highest BCUT2D eigenvalue weighted by Gasteiger charge is 2.23. The number of rotatable bonds is 6. The zero-order valence-electron chi connectivity index (χ0n) is 14.7. The fourth-order valence-electron chi connectivity index (χ4n) is 2.92. The van der Waals surface area contributed by atoms with E-state index in [4.69, 9.17) is 10.00 Å². The van der Waals surface area contributed by atoms with Gasteiger partial charge < -0.3 is 10.1 Å². The van der Waals surface area contributed by atoms with Crippen molar-refractivity contribution in [2.45, 2.75) is 11.0 Å². The third-order valence-corrected chi connectivity index (χ3v) is 5.15. The molecule has 0 saturated carbocycles. The van der Waals surface area contributed by atoms with Gasteiger partial charge in [-0.15, -0.1) is 11.8 Å². The van der Waals surface area contributed by atoms with Gasteiger partial charge >= 0.3 is 0 Å². The van der Waals surface area contributed by atoms with Gasteiger partial charge in [0.05, 0.1) is 36.8 Å². The molecule has 3 rings (SSSR count). The van der Waals surface area contributed by atoms with Crippen molar-refractivity contribution >= 4 is 23.4 Å². The first-order valence-electron chi connectivity index (χ1n) is 8.64. The number of nitrogens with one attached hydrogen (secondary N) is 1. The van der Waals surface area contributed by atoms with Gasteiger partial charge in [0, 0.05) is 18.0 Å². The number of anilines is 1. The van der Waals surface area contributed by atoms with E-state index in [1.54, 1.807) is 12.1 Å². The maximum absolute atomic E-state index is 13.1. The number of nitrogens with zero attached hydrogens (tertiary/aromatic N) is 2. The molecule has 1 atom stereocenters. The third kappa shape index (κ3) is 5.54. The first kappa shape index (κ1) is 19.4. The van der Waals surface area contributed by atoms with Crippen molar-refractivity contribution in [1.29, 1.82) is 5.26 Å². The van der Waals surface area contributed by atoms with E-state index in [0.29, 0.717) is 31.1 Å². The average molecular weight is 385 g/mol. The predicted molar refractivity (Wildman–Crippen MR) is 103 cm³/mol. The molecule has 1 amide bonds. The Balaban J connectivity index is 1.58. The van der Waals surface area contributed by atoms with Crippen LogP contribution in [0.2, 0.25) is 0 Å². The molecule has 1 heterocycles. The molecule has 1 saturated heterocycles. The number of amides is 1. The van der Waals surface area contributed by atoms with Gasteiger partial charge in [-0.2, -0.15) is 5.26 Å². The summed E-state index contributed by atoms with van der Waals surface area (Å²) >= 11 is 1.39. The molecular weight excluding hydrogens is 365 g/mol. The number of morpholine rings is 1. The van der Waals surface area contributed by atoms with Gasteiger partial charge in [0.15, 0.2) is 0 Å². The summed E-state index contributed by atoms with van der Waals surface area (Å²) in [6, 6.07) is 15.8. The normalized spacial score (nSPS) is 17.3. The second-order valence-corrected chi connectivity index (χ2v) is 7.15. The number of nitriles is 1. The van der Waals surface area contributed by atoms with Crippen LogP contribution < -0.4 is 5.32 Å². The number of thioether (sulfide) groups is 1. The summed E-state index contributed by atoms with van der Waals surface area (Å²) in [6.07, 6.45) is -0.175. The minimum atomic E-state index is -0.279. The van der Waals surface area contributed by atoms with E-state index in [-0.39, 0.29) is 24.4 Å². The molecule has 27 heavy (non-hydrogen) atoms. The van der Waals surface area contributed by atoms with Crippen LogP contribution in [0.5, 0.6) is 0 Å². The number of hydrogen-bond acceptors (Lipinski definition) is 5. The van der Waals surface area contributed by atoms with Gasteiger partial charge in [0.2, 0.25) is 5.91 Å². The van der Waals surface area contributed by atoms with E-state index in [9.17, 15) is 9.18 Å². The van der Waals surface area contributed by atoms with Crippen LogP contribution in [0.25, 0.3) is 0 Å². The first-order valence-corrected chi connectivity index (χ1v) is 9.62. The highest BCUT2D eigenvalue weighted by Crippen LogP contribution is 2.27. The summed E-state index contributed by atoms with van der Waals surface area (Å²) in [6.45, 7) is 2.00. The van der Waals surface area contributed by atoms with Crippen LogP contribution in [-0.2, 0) is 9.53 Å². The van der Waals surface area contributed by atoms with E-state index in [1.165, 1.54) is 23.9 Å². The van der Waals surface area contributed by atoms with Crippen LogP contribution in [0.1, 0.15) is 11.7 Å². The van der Waals surface area contributed by atoms with Crippen LogP contribution in [0.15, 0.2) is 53.4 Å². The Hall–Kier alpha value is -2.40. The Kier molecular flexibility index (Phi) is 6.82. The van der Waals surface area contributed by atoms with E-state index in [2.05, 4.69) is 11.4 Å². The molecule has 0 aliphatic carbocycles. The quantitative estimate of drug-likeness (QED) is 0.772. The zero-order valence-corrected chi connectivity index (χ0v) is 15.5. The lowest BCUT2D eigenvalue weighted by Gasteiger charge is -2.32. The molecule has 5 nitrogen and oxygen atoms in total. The number of halogens is 1. The van der Waals surface area contributed by atoms with Crippen molar-refractivity contribution in [3.8, 4) is 6.07 Å². The molecule has 0 radical (unpaired) electrons. The molecular formula is C20H20FN3O2S. The van der Waals surface area contributed by atoms with Gasteiger partial charge in [0.1, 0.15) is 5.82 Å². The zero-order chi connectivity index (χ0) is 19.1. The molecule has 7 heteroatoms. The molecule has 1 aliphatic rings. The van der Waals surface area contributed by atoms with E-state index in [1.807, 2.05) is 29.2 Å². The van der Waals surface area contributed by atoms with Gasteiger partial charge in [-0.25, -0.2) is 4.39 Å². The summed E-state index contributed by atoms with van der Waals surface area (Å²) in [4.78, 5) is 15.4. The summed E-state index contributed by atoms with van der Waals surface area (Å²) in [5, 5.41) is 11.7. The van der Waals surface area contributed by atoms with Crippen molar-refractivity contribution in [1.82, 2.24) is 4.90 Å². The van der Waals surface area contributed by atoms with Crippen molar-refractivity contribution < 1.29 is 13.9 Å². The fraction of sp³-hybridized carbons (Fsp3) is 0.300. The van der Waals surface area contributed by atoms with Gasteiger partial charge in [0.25, 0.3) is 0 Å². The fourth-order valence-corrected chi connectivity index (χ4v) is 3.59. The predicted octanol–water partition coefficient (Wildman–Crippen LogP) is 3.45. The molecule has 140 valence electrons. The van der Waals surface area contributed by atoms with Gasteiger partial charge in [-0.1, -0.05) is 24.3 Å². The van der Waals surface area contributed by atoms with E-state index < -0.39 is 0 Å². The summed E-state index contributed by atoms with van der Waals surface area (Å²) in [5.74, 6) is -0.0612.